The van der Waals surface area contributed by atoms with Crippen molar-refractivity contribution in [2.75, 3.05) is 19.6 Å². The first-order chi connectivity index (χ1) is 14.0. The molecule has 1 aliphatic carbocycles. The number of allylic oxidation sites excluding steroid dienone is 3. The first-order valence-electron chi connectivity index (χ1n) is 10.4. The van der Waals surface area contributed by atoms with Gasteiger partial charge in [-0.15, -0.1) is 0 Å². The van der Waals surface area contributed by atoms with E-state index in [2.05, 4.69) is 43.1 Å². The molecule has 0 bridgehead atoms. The summed E-state index contributed by atoms with van der Waals surface area (Å²) in [6, 6.07) is 11.9. The van der Waals surface area contributed by atoms with Crippen molar-refractivity contribution in [3.05, 3.63) is 70.9 Å². The van der Waals surface area contributed by atoms with Crippen molar-refractivity contribution in [2.24, 2.45) is 5.92 Å². The molecule has 0 heterocycles. The molecule has 0 spiro atoms. The lowest BCUT2D eigenvalue weighted by Gasteiger charge is -2.29. The third-order valence-corrected chi connectivity index (χ3v) is 5.63. The standard InChI is InChI=1S/C25H31N3O/c1-4-28(24-12-9-18(2)15-19(24)3)14-13-27-25(29)16-20-10-11-21(17-26)23-8-6-5-7-22(20)23/h5-12,17-18,26H,4,13-16H2,1-3H3,(H,27,29). The molecule has 1 unspecified atom stereocenters. The number of hydrogen-bond acceptors (Lipinski definition) is 3. The summed E-state index contributed by atoms with van der Waals surface area (Å²) in [5, 5.41) is 12.7. The van der Waals surface area contributed by atoms with Gasteiger partial charge >= 0.3 is 0 Å². The van der Waals surface area contributed by atoms with Crippen molar-refractivity contribution in [1.29, 1.82) is 5.41 Å². The van der Waals surface area contributed by atoms with Gasteiger partial charge in [-0.05, 0) is 59.7 Å². The van der Waals surface area contributed by atoms with Crippen LogP contribution in [0.2, 0.25) is 0 Å². The van der Waals surface area contributed by atoms with Crippen molar-refractivity contribution in [3.8, 4) is 0 Å². The van der Waals surface area contributed by atoms with E-state index in [0.717, 1.165) is 41.4 Å². The Hall–Kier alpha value is -2.88. The molecule has 0 radical (unpaired) electrons. The van der Waals surface area contributed by atoms with Gasteiger partial charge in [0.1, 0.15) is 0 Å². The fraction of sp³-hybridized carbons (Fsp3) is 0.360. The van der Waals surface area contributed by atoms with Gasteiger partial charge in [-0.3, -0.25) is 4.79 Å². The minimum Gasteiger partial charge on any atom is -0.370 e. The molecule has 0 aromatic heterocycles. The van der Waals surface area contributed by atoms with E-state index >= 15 is 0 Å². The van der Waals surface area contributed by atoms with Crippen molar-refractivity contribution in [3.63, 3.8) is 0 Å². The van der Waals surface area contributed by atoms with E-state index < -0.39 is 0 Å². The molecule has 0 saturated heterocycles. The number of rotatable bonds is 8. The normalized spacial score (nSPS) is 16.2. The Balaban J connectivity index is 1.61. The topological polar surface area (TPSA) is 56.2 Å². The molecule has 2 N–H and O–H groups in total. The molecule has 1 atom stereocenters. The molecular weight excluding hydrogens is 358 g/mol. The van der Waals surface area contributed by atoms with Crippen LogP contribution in [0.1, 0.15) is 38.3 Å². The molecule has 0 aliphatic heterocycles. The van der Waals surface area contributed by atoms with Crippen LogP contribution >= 0.6 is 0 Å². The summed E-state index contributed by atoms with van der Waals surface area (Å²) in [6.45, 7) is 8.97. The Morgan fingerprint density at radius 2 is 2.00 bits per heavy atom. The minimum absolute atomic E-state index is 0.0346. The van der Waals surface area contributed by atoms with Crippen LogP contribution in [0.4, 0.5) is 0 Å². The quantitative estimate of drug-likeness (QED) is 0.644. The minimum atomic E-state index is 0.0346. The van der Waals surface area contributed by atoms with Crippen molar-refractivity contribution in [2.45, 2.75) is 33.6 Å². The van der Waals surface area contributed by atoms with Gasteiger partial charge in [0.25, 0.3) is 0 Å². The number of carbonyl (C=O) groups is 1. The van der Waals surface area contributed by atoms with Crippen LogP contribution in [0.3, 0.4) is 0 Å². The largest absolute Gasteiger partial charge is 0.370 e. The van der Waals surface area contributed by atoms with Gasteiger partial charge in [0.2, 0.25) is 5.91 Å². The zero-order chi connectivity index (χ0) is 20.8. The first-order valence-corrected chi connectivity index (χ1v) is 10.4. The third kappa shape index (κ3) is 4.94. The predicted octanol–water partition coefficient (Wildman–Crippen LogP) is 4.69. The van der Waals surface area contributed by atoms with E-state index in [4.69, 9.17) is 5.41 Å². The van der Waals surface area contributed by atoms with Gasteiger partial charge in [0, 0.05) is 31.5 Å². The van der Waals surface area contributed by atoms with Gasteiger partial charge in [-0.1, -0.05) is 49.4 Å². The Labute approximate surface area is 173 Å². The van der Waals surface area contributed by atoms with E-state index in [1.807, 2.05) is 36.4 Å². The van der Waals surface area contributed by atoms with Gasteiger partial charge in [-0.25, -0.2) is 0 Å². The van der Waals surface area contributed by atoms with Crippen LogP contribution in [-0.2, 0) is 11.2 Å². The molecule has 0 fully saturated rings. The zero-order valence-electron chi connectivity index (χ0n) is 17.7. The Kier molecular flexibility index (Phi) is 6.86. The molecule has 1 amide bonds. The second kappa shape index (κ2) is 9.55. The average Bonchev–Trinajstić information content (AvgIpc) is 2.72. The van der Waals surface area contributed by atoms with Crippen LogP contribution in [0, 0.1) is 11.3 Å². The maximum Gasteiger partial charge on any atom is 0.224 e. The number of nitrogens with one attached hydrogen (secondary N) is 2. The number of hydrogen-bond donors (Lipinski definition) is 2. The lowest BCUT2D eigenvalue weighted by Crippen LogP contribution is -2.35. The Morgan fingerprint density at radius 1 is 1.24 bits per heavy atom. The summed E-state index contributed by atoms with van der Waals surface area (Å²) >= 11 is 0. The van der Waals surface area contributed by atoms with Crippen LogP contribution in [0.15, 0.2) is 59.8 Å². The molecule has 4 nitrogen and oxygen atoms in total. The Bertz CT molecular complexity index is 958. The second-order valence-corrected chi connectivity index (χ2v) is 7.82. The highest BCUT2D eigenvalue weighted by atomic mass is 16.1. The number of benzene rings is 2. The Morgan fingerprint density at radius 3 is 2.69 bits per heavy atom. The van der Waals surface area contributed by atoms with E-state index in [-0.39, 0.29) is 5.91 Å². The van der Waals surface area contributed by atoms with Gasteiger partial charge < -0.3 is 15.6 Å². The van der Waals surface area contributed by atoms with Crippen LogP contribution in [-0.4, -0.2) is 36.7 Å². The predicted molar refractivity (Wildman–Crippen MR) is 121 cm³/mol. The van der Waals surface area contributed by atoms with Gasteiger partial charge in [0.15, 0.2) is 0 Å². The number of nitrogens with zero attached hydrogens (tertiary/aromatic N) is 1. The van der Waals surface area contributed by atoms with Crippen molar-refractivity contribution >= 4 is 22.9 Å². The van der Waals surface area contributed by atoms with Crippen molar-refractivity contribution < 1.29 is 4.79 Å². The lowest BCUT2D eigenvalue weighted by molar-refractivity contribution is -0.120. The zero-order valence-corrected chi connectivity index (χ0v) is 17.7. The number of carbonyl (C=O) groups excluding carboxylic acids is 1. The molecule has 1 aliphatic rings. The maximum atomic E-state index is 12.6. The third-order valence-electron chi connectivity index (χ3n) is 5.63. The first kappa shape index (κ1) is 20.8. The van der Waals surface area contributed by atoms with Crippen LogP contribution < -0.4 is 5.32 Å². The van der Waals surface area contributed by atoms with Gasteiger partial charge in [-0.2, -0.15) is 0 Å². The molecule has 152 valence electrons. The molecule has 4 heteroatoms. The number of fused-ring (bicyclic) bond motifs is 1. The fourth-order valence-electron chi connectivity index (χ4n) is 4.11. The lowest BCUT2D eigenvalue weighted by atomic mass is 9.94. The van der Waals surface area contributed by atoms with E-state index in [1.165, 1.54) is 17.5 Å². The summed E-state index contributed by atoms with van der Waals surface area (Å²) in [7, 11) is 0. The summed E-state index contributed by atoms with van der Waals surface area (Å²) < 4.78 is 0. The highest BCUT2D eigenvalue weighted by Crippen LogP contribution is 2.25. The van der Waals surface area contributed by atoms with Crippen molar-refractivity contribution in [1.82, 2.24) is 10.2 Å². The van der Waals surface area contributed by atoms with Crippen LogP contribution in [0.5, 0.6) is 0 Å². The number of amides is 1. The summed E-state index contributed by atoms with van der Waals surface area (Å²) in [4.78, 5) is 14.9. The van der Waals surface area contributed by atoms with E-state index in [9.17, 15) is 4.79 Å². The molecule has 29 heavy (non-hydrogen) atoms. The molecule has 2 aromatic rings. The maximum absolute atomic E-state index is 12.6. The second-order valence-electron chi connectivity index (χ2n) is 7.82. The van der Waals surface area contributed by atoms with E-state index in [0.29, 0.717) is 18.9 Å². The fourth-order valence-corrected chi connectivity index (χ4v) is 4.11. The SMILES string of the molecule is CCN(CCNC(=O)Cc1ccc(C=N)c2ccccc12)C1=C(C)CC(C)C=C1. The summed E-state index contributed by atoms with van der Waals surface area (Å²) in [5.41, 5.74) is 4.60. The molecule has 0 saturated carbocycles. The average molecular weight is 390 g/mol. The highest BCUT2D eigenvalue weighted by Gasteiger charge is 2.15. The smallest absolute Gasteiger partial charge is 0.224 e. The van der Waals surface area contributed by atoms with Gasteiger partial charge in [0.05, 0.1) is 6.42 Å². The van der Waals surface area contributed by atoms with Crippen LogP contribution in [0.25, 0.3) is 10.8 Å². The molecule has 3 rings (SSSR count). The highest BCUT2D eigenvalue weighted by molar-refractivity contribution is 6.01. The summed E-state index contributed by atoms with van der Waals surface area (Å²) in [6.07, 6.45) is 7.32. The molecule has 2 aromatic carbocycles. The van der Waals surface area contributed by atoms with E-state index in [1.54, 1.807) is 0 Å². The summed E-state index contributed by atoms with van der Waals surface area (Å²) in [5.74, 6) is 0.637. The monoisotopic (exact) mass is 389 g/mol. The molecular formula is C25H31N3O. The number of likely N-dealkylation sites (N-methyl/N-ethyl adjacent to an activating group) is 1.